The number of urea groups is 1. The summed E-state index contributed by atoms with van der Waals surface area (Å²) in [7, 11) is 1.95. The molecule has 0 spiro atoms. The Balaban J connectivity index is 1.33. The number of carbonyl (C=O) groups excluding carboxylic acids is 2. The molecule has 5 rings (SSSR count). The highest BCUT2D eigenvalue weighted by Gasteiger charge is 2.44. The van der Waals surface area contributed by atoms with Gasteiger partial charge in [0.1, 0.15) is 5.82 Å². The monoisotopic (exact) mass is 397 g/mol. The van der Waals surface area contributed by atoms with Crippen LogP contribution >= 0.6 is 0 Å². The van der Waals surface area contributed by atoms with Crippen molar-refractivity contribution in [3.05, 3.63) is 41.5 Å². The normalized spacial score (nSPS) is 25.5. The van der Waals surface area contributed by atoms with Crippen LogP contribution in [0.3, 0.4) is 0 Å². The van der Waals surface area contributed by atoms with Crippen molar-refractivity contribution < 1.29 is 14.0 Å². The summed E-state index contributed by atoms with van der Waals surface area (Å²) in [6.45, 7) is 0. The van der Waals surface area contributed by atoms with E-state index in [9.17, 15) is 14.0 Å². The summed E-state index contributed by atoms with van der Waals surface area (Å²) in [5.74, 6) is -0.165. The second-order valence-electron chi connectivity index (χ2n) is 8.31. The Morgan fingerprint density at radius 3 is 2.69 bits per heavy atom. The van der Waals surface area contributed by atoms with Gasteiger partial charge in [0, 0.05) is 49.0 Å². The molecule has 2 bridgehead atoms. The first kappa shape index (κ1) is 18.1. The average molecular weight is 397 g/mol. The van der Waals surface area contributed by atoms with Gasteiger partial charge in [-0.25, -0.2) is 9.18 Å². The number of hydrogen-bond acceptors (Lipinski definition) is 3. The van der Waals surface area contributed by atoms with E-state index < -0.39 is 5.82 Å². The van der Waals surface area contributed by atoms with Crippen LogP contribution in [0.4, 0.5) is 20.6 Å². The molecule has 2 N–H and O–H groups in total. The van der Waals surface area contributed by atoms with E-state index in [-0.39, 0.29) is 29.7 Å². The van der Waals surface area contributed by atoms with Crippen LogP contribution in [0.1, 0.15) is 49.3 Å². The van der Waals surface area contributed by atoms with Gasteiger partial charge in [-0.3, -0.25) is 9.48 Å². The number of nitrogens with one attached hydrogen (secondary N) is 2. The van der Waals surface area contributed by atoms with E-state index in [2.05, 4.69) is 21.8 Å². The van der Waals surface area contributed by atoms with Gasteiger partial charge in [-0.05, 0) is 55.9 Å². The number of nitrogens with zero attached hydrogens (tertiary/aromatic N) is 3. The first-order chi connectivity index (χ1) is 14.0. The highest BCUT2D eigenvalue weighted by molar-refractivity contribution is 5.96. The third-order valence-electron chi connectivity index (χ3n) is 6.57. The van der Waals surface area contributed by atoms with Crippen molar-refractivity contribution >= 4 is 23.3 Å². The van der Waals surface area contributed by atoms with Gasteiger partial charge in [-0.15, -0.1) is 0 Å². The number of piperidine rings is 1. The molecule has 2 unspecified atom stereocenters. The van der Waals surface area contributed by atoms with Gasteiger partial charge in [0.05, 0.1) is 5.69 Å². The molecule has 3 aliphatic heterocycles. The zero-order valence-electron chi connectivity index (χ0n) is 16.3. The van der Waals surface area contributed by atoms with Gasteiger partial charge in [0.25, 0.3) is 0 Å². The largest absolute Gasteiger partial charge is 0.326 e. The van der Waals surface area contributed by atoms with Crippen LogP contribution in [0.25, 0.3) is 0 Å². The fraction of sp³-hybridized carbons (Fsp3) is 0.476. The van der Waals surface area contributed by atoms with Crippen molar-refractivity contribution in [3.8, 4) is 0 Å². The average Bonchev–Trinajstić information content (AvgIpc) is 3.23. The number of hydrogen-bond donors (Lipinski definition) is 2. The molecule has 2 saturated heterocycles. The molecule has 29 heavy (non-hydrogen) atoms. The summed E-state index contributed by atoms with van der Waals surface area (Å²) in [5, 5.41) is 9.78. The number of benzene rings is 1. The molecular formula is C21H24FN5O2. The van der Waals surface area contributed by atoms with Crippen LogP contribution in [-0.4, -0.2) is 38.7 Å². The molecule has 0 aliphatic carbocycles. The van der Waals surface area contributed by atoms with Crippen LogP contribution < -0.4 is 10.6 Å². The van der Waals surface area contributed by atoms with Crippen molar-refractivity contribution in [2.75, 3.05) is 10.6 Å². The predicted octanol–water partition coefficient (Wildman–Crippen LogP) is 3.39. The van der Waals surface area contributed by atoms with Gasteiger partial charge >= 0.3 is 6.03 Å². The van der Waals surface area contributed by atoms with Gasteiger partial charge in [-0.2, -0.15) is 5.10 Å². The number of halogens is 1. The van der Waals surface area contributed by atoms with Gasteiger partial charge < -0.3 is 15.5 Å². The summed E-state index contributed by atoms with van der Waals surface area (Å²) >= 11 is 0. The van der Waals surface area contributed by atoms with E-state index in [0.29, 0.717) is 24.4 Å². The fourth-order valence-corrected chi connectivity index (χ4v) is 5.21. The van der Waals surface area contributed by atoms with Crippen molar-refractivity contribution in [2.45, 2.75) is 56.5 Å². The molecule has 0 radical (unpaired) electrons. The molecule has 2 fully saturated rings. The molecule has 3 amide bonds. The fourth-order valence-electron chi connectivity index (χ4n) is 5.21. The molecule has 3 aliphatic rings. The van der Waals surface area contributed by atoms with E-state index in [4.69, 9.17) is 0 Å². The molecular weight excluding hydrogens is 373 g/mol. The smallest absolute Gasteiger partial charge is 0.322 e. The highest BCUT2D eigenvalue weighted by Crippen LogP contribution is 2.43. The first-order valence-electron chi connectivity index (χ1n) is 10.2. The van der Waals surface area contributed by atoms with Crippen molar-refractivity contribution in [3.63, 3.8) is 0 Å². The maximum absolute atomic E-state index is 14.5. The Morgan fingerprint density at radius 2 is 2.00 bits per heavy atom. The standard InChI is InChI=1S/C21H24FN5O2/c1-26-19(6-7-23-26)13-8-14-3-4-15(9-13)27(14)21(29)25-18-11-17-12(10-16(18)22)2-5-20(28)24-17/h6-7,10-11,13-15H,2-5,8-9H2,1H3,(H,24,28)(H,25,29). The number of carbonyl (C=O) groups is 2. The van der Waals surface area contributed by atoms with Gasteiger partial charge in [0.15, 0.2) is 0 Å². The lowest BCUT2D eigenvalue weighted by Gasteiger charge is -2.39. The molecule has 4 heterocycles. The molecule has 8 heteroatoms. The summed E-state index contributed by atoms with van der Waals surface area (Å²) in [4.78, 5) is 26.5. The lowest BCUT2D eigenvalue weighted by molar-refractivity contribution is -0.116. The molecule has 2 atom stereocenters. The Hall–Kier alpha value is -2.90. The maximum Gasteiger partial charge on any atom is 0.322 e. The number of aromatic nitrogens is 2. The Morgan fingerprint density at radius 1 is 1.24 bits per heavy atom. The molecule has 0 saturated carbocycles. The minimum absolute atomic E-state index is 0.0864. The minimum atomic E-state index is -0.467. The van der Waals surface area contributed by atoms with Gasteiger partial charge in [0.2, 0.25) is 5.91 Å². The second kappa shape index (κ2) is 6.86. The first-order valence-corrected chi connectivity index (χ1v) is 10.2. The lowest BCUT2D eigenvalue weighted by atomic mass is 9.88. The van der Waals surface area contributed by atoms with Crippen LogP contribution in [-0.2, 0) is 18.3 Å². The Labute approximate surface area is 168 Å². The molecule has 1 aromatic carbocycles. The van der Waals surface area contributed by atoms with E-state index in [1.54, 1.807) is 0 Å². The van der Waals surface area contributed by atoms with E-state index in [1.165, 1.54) is 17.8 Å². The van der Waals surface area contributed by atoms with Crippen molar-refractivity contribution in [1.82, 2.24) is 14.7 Å². The van der Waals surface area contributed by atoms with Crippen LogP contribution in [0.2, 0.25) is 0 Å². The second-order valence-corrected chi connectivity index (χ2v) is 8.31. The molecule has 152 valence electrons. The quantitative estimate of drug-likeness (QED) is 0.815. The summed E-state index contributed by atoms with van der Waals surface area (Å²) in [6.07, 6.45) is 6.40. The SMILES string of the molecule is Cn1nccc1C1CC2CCC(C1)N2C(=O)Nc1cc2c(cc1F)CCC(=O)N2. The number of aryl methyl sites for hydroxylation is 2. The Kier molecular flexibility index (Phi) is 4.29. The predicted molar refractivity (Wildman–Crippen MR) is 106 cm³/mol. The third kappa shape index (κ3) is 3.16. The minimum Gasteiger partial charge on any atom is -0.326 e. The number of fused-ring (bicyclic) bond motifs is 3. The summed E-state index contributed by atoms with van der Waals surface area (Å²) in [5.41, 5.74) is 2.66. The van der Waals surface area contributed by atoms with E-state index in [1.807, 2.05) is 22.8 Å². The van der Waals surface area contributed by atoms with Crippen LogP contribution in [0, 0.1) is 5.82 Å². The number of rotatable bonds is 2. The van der Waals surface area contributed by atoms with E-state index in [0.717, 1.165) is 31.2 Å². The summed E-state index contributed by atoms with van der Waals surface area (Å²) in [6, 6.07) is 5.03. The van der Waals surface area contributed by atoms with Crippen molar-refractivity contribution in [2.24, 2.45) is 7.05 Å². The zero-order valence-corrected chi connectivity index (χ0v) is 16.3. The topological polar surface area (TPSA) is 79.3 Å². The Bertz CT molecular complexity index is 973. The lowest BCUT2D eigenvalue weighted by Crippen LogP contribution is -2.48. The number of anilines is 2. The number of amides is 3. The highest BCUT2D eigenvalue weighted by atomic mass is 19.1. The van der Waals surface area contributed by atoms with Crippen molar-refractivity contribution in [1.29, 1.82) is 0 Å². The van der Waals surface area contributed by atoms with Crippen LogP contribution in [0.15, 0.2) is 24.4 Å². The summed E-state index contributed by atoms with van der Waals surface area (Å²) < 4.78 is 16.5. The molecule has 2 aromatic rings. The van der Waals surface area contributed by atoms with E-state index >= 15 is 0 Å². The maximum atomic E-state index is 14.5. The molecule has 1 aromatic heterocycles. The zero-order chi connectivity index (χ0) is 20.1. The van der Waals surface area contributed by atoms with Gasteiger partial charge in [-0.1, -0.05) is 0 Å². The van der Waals surface area contributed by atoms with Crippen LogP contribution in [0.5, 0.6) is 0 Å². The third-order valence-corrected chi connectivity index (χ3v) is 6.57. The molecule has 7 nitrogen and oxygen atoms in total.